The summed E-state index contributed by atoms with van der Waals surface area (Å²) in [5.41, 5.74) is 5.73. The molecule has 280 valence electrons. The van der Waals surface area contributed by atoms with Gasteiger partial charge in [-0.15, -0.1) is 23.4 Å². The van der Waals surface area contributed by atoms with Crippen LogP contribution < -0.4 is 10.6 Å². The van der Waals surface area contributed by atoms with Gasteiger partial charge in [0.25, 0.3) is 23.6 Å². The van der Waals surface area contributed by atoms with Crippen LogP contribution in [0.25, 0.3) is 11.4 Å². The lowest BCUT2D eigenvalue weighted by Gasteiger charge is -2.21. The van der Waals surface area contributed by atoms with E-state index in [0.717, 1.165) is 11.1 Å². The molecule has 0 saturated heterocycles. The third kappa shape index (κ3) is 8.50. The molecule has 4 aliphatic heterocycles. The average Bonchev–Trinajstić information content (AvgIpc) is 3.91. The van der Waals surface area contributed by atoms with Gasteiger partial charge in [0.1, 0.15) is 11.4 Å². The number of carbonyl (C=O) groups excluding carboxylic acids is 4. The van der Waals surface area contributed by atoms with Crippen LogP contribution >= 0.6 is 0 Å². The predicted octanol–water partition coefficient (Wildman–Crippen LogP) is 4.68. The molecular weight excluding hydrogens is 709 g/mol. The molecule has 4 amide bonds. The van der Waals surface area contributed by atoms with E-state index in [1.54, 1.807) is 104 Å². The van der Waals surface area contributed by atoms with Gasteiger partial charge in [0.15, 0.2) is 0 Å². The van der Waals surface area contributed by atoms with Crippen molar-refractivity contribution in [2.45, 2.75) is 26.2 Å². The number of hydrogen-bond acceptors (Lipinski definition) is 8. The van der Waals surface area contributed by atoms with E-state index in [0.29, 0.717) is 58.1 Å². The Labute approximate surface area is 322 Å². The van der Waals surface area contributed by atoms with Gasteiger partial charge in [-0.2, -0.15) is 0 Å². The monoisotopic (exact) mass is 746 g/mol. The van der Waals surface area contributed by atoms with Gasteiger partial charge < -0.3 is 20.4 Å². The minimum Gasteiger partial charge on any atom is -0.348 e. The van der Waals surface area contributed by atoms with Crippen molar-refractivity contribution in [1.29, 1.82) is 0 Å². The van der Waals surface area contributed by atoms with E-state index in [4.69, 9.17) is 0 Å². The molecule has 2 N–H and O–H groups in total. The minimum atomic E-state index is -0.279. The summed E-state index contributed by atoms with van der Waals surface area (Å²) in [7, 11) is 0. The molecule has 4 aromatic carbocycles. The van der Waals surface area contributed by atoms with E-state index in [1.807, 2.05) is 36.4 Å². The summed E-state index contributed by atoms with van der Waals surface area (Å²) in [6.45, 7) is 9.03. The van der Waals surface area contributed by atoms with Crippen molar-refractivity contribution >= 4 is 23.6 Å². The normalized spacial score (nSPS) is 14.1. The second kappa shape index (κ2) is 16.7. The van der Waals surface area contributed by atoms with Crippen molar-refractivity contribution in [3.8, 4) is 11.4 Å². The van der Waals surface area contributed by atoms with Gasteiger partial charge in [0.2, 0.25) is 0 Å². The van der Waals surface area contributed by atoms with Crippen LogP contribution in [0.2, 0.25) is 0 Å². The summed E-state index contributed by atoms with van der Waals surface area (Å²) in [6, 6.07) is 28.1. The van der Waals surface area contributed by atoms with E-state index in [2.05, 4.69) is 44.4 Å². The molecule has 14 nitrogen and oxygen atoms in total. The van der Waals surface area contributed by atoms with E-state index in [9.17, 15) is 19.2 Å². The van der Waals surface area contributed by atoms with E-state index in [-0.39, 0.29) is 49.8 Å². The molecule has 0 unspecified atom stereocenters. The summed E-state index contributed by atoms with van der Waals surface area (Å²) in [6.07, 6.45) is 6.67. The fourth-order valence-corrected chi connectivity index (χ4v) is 6.18. The number of aromatic nitrogens is 6. The molecule has 0 atom stereocenters. The van der Waals surface area contributed by atoms with Gasteiger partial charge in [0, 0.05) is 48.4 Å². The molecular formula is C42H38N10O4. The zero-order valence-electron chi connectivity index (χ0n) is 30.4. The first kappa shape index (κ1) is 36.9. The quantitative estimate of drug-likeness (QED) is 0.246. The third-order valence-electron chi connectivity index (χ3n) is 9.11. The van der Waals surface area contributed by atoms with Crippen LogP contribution in [0.5, 0.6) is 0 Å². The lowest BCUT2D eigenvalue weighted by molar-refractivity contribution is 0.0749. The zero-order chi connectivity index (χ0) is 39.0. The van der Waals surface area contributed by atoms with Crippen LogP contribution in [0.4, 0.5) is 0 Å². The number of amides is 4. The molecule has 6 aromatic rings. The summed E-state index contributed by atoms with van der Waals surface area (Å²) in [5, 5.41) is 23.0. The van der Waals surface area contributed by atoms with Gasteiger partial charge in [0.05, 0.1) is 36.9 Å². The first-order valence-corrected chi connectivity index (χ1v) is 17.9. The molecule has 10 rings (SSSR count). The highest BCUT2D eigenvalue weighted by atomic mass is 16.2. The lowest BCUT2D eigenvalue weighted by Crippen LogP contribution is -2.32. The first-order chi connectivity index (χ1) is 27.3. The topological polar surface area (TPSA) is 160 Å². The summed E-state index contributed by atoms with van der Waals surface area (Å²) >= 11 is 0. The second-order valence-corrected chi connectivity index (χ2v) is 13.1. The van der Waals surface area contributed by atoms with E-state index >= 15 is 0 Å². The summed E-state index contributed by atoms with van der Waals surface area (Å²) in [5.74, 6) is -1.08. The van der Waals surface area contributed by atoms with Gasteiger partial charge in [-0.1, -0.05) is 59.0 Å². The highest BCUT2D eigenvalue weighted by Crippen LogP contribution is 2.17. The average molecular weight is 747 g/mol. The molecule has 0 fully saturated rings. The van der Waals surface area contributed by atoms with E-state index < -0.39 is 0 Å². The third-order valence-corrected chi connectivity index (χ3v) is 9.11. The summed E-state index contributed by atoms with van der Waals surface area (Å²) < 4.78 is 3.10. The van der Waals surface area contributed by atoms with Crippen molar-refractivity contribution in [2.24, 2.45) is 0 Å². The number of nitrogens with one attached hydrogen (secondary N) is 2. The maximum absolute atomic E-state index is 13.7. The number of carbonyl (C=O) groups is 4. The van der Waals surface area contributed by atoms with E-state index in [1.165, 1.54) is 0 Å². The fourth-order valence-electron chi connectivity index (χ4n) is 6.18. The van der Waals surface area contributed by atoms with Crippen molar-refractivity contribution in [2.75, 3.05) is 13.1 Å². The molecule has 12 bridgehead atoms. The Kier molecular flexibility index (Phi) is 11.0. The number of hydrogen-bond donors (Lipinski definition) is 2. The maximum Gasteiger partial charge on any atom is 0.254 e. The molecule has 0 aliphatic carbocycles. The van der Waals surface area contributed by atoms with Crippen LogP contribution in [0.1, 0.15) is 63.9 Å². The molecule has 0 saturated carbocycles. The number of benzene rings is 4. The molecule has 14 heteroatoms. The number of nitrogens with zero attached hydrogens (tertiary/aromatic N) is 8. The highest BCUT2D eigenvalue weighted by molar-refractivity contribution is 5.98. The zero-order valence-corrected chi connectivity index (χ0v) is 30.4. The Balaban J connectivity index is 1.17. The van der Waals surface area contributed by atoms with Crippen molar-refractivity contribution in [3.05, 3.63) is 180 Å². The van der Waals surface area contributed by atoms with Crippen LogP contribution in [-0.4, -0.2) is 76.5 Å². The molecule has 0 spiro atoms. The highest BCUT2D eigenvalue weighted by Gasteiger charge is 2.21. The lowest BCUT2D eigenvalue weighted by atomic mass is 10.1. The SMILES string of the molecule is C=CCN1Cc2cn(nn2)-c2cccc(c2)C(=O)NCc2ccc(cc2)CNC(=O)c2cccc(c2)-n2cc(nn2)CN(CC=C)C(=O)c2ccc(cc2)C1=O. The minimum absolute atomic E-state index is 0.148. The molecule has 6 heterocycles. The fraction of sp³-hybridized carbons (Fsp3) is 0.143. The molecule has 2 aromatic heterocycles. The molecule has 0 radical (unpaired) electrons. The Hall–Kier alpha value is -7.48. The first-order valence-electron chi connectivity index (χ1n) is 17.9. The van der Waals surface area contributed by atoms with Gasteiger partial charge in [-0.05, 0) is 71.8 Å². The molecule has 4 aliphatic rings. The maximum atomic E-state index is 13.7. The molecule has 56 heavy (non-hydrogen) atoms. The number of rotatable bonds is 4. The Morgan fingerprint density at radius 1 is 0.554 bits per heavy atom. The standard InChI is InChI=1S/C42H38N10O4/c1-3-19-49-25-35-27-51(47-45-35)37-9-5-7-33(21-37)39(53)43-23-29-11-13-30(14-12-29)24-44-40(54)34-8-6-10-38(22-34)52-28-36(46-48-52)26-50(20-4-2)42(56)32-17-15-31(16-18-32)41(49)55/h3-18,21-22,27-28H,1-2,19-20,23-26H2,(H,43,53)(H,44,54). The van der Waals surface area contributed by atoms with Crippen molar-refractivity contribution in [1.82, 2.24) is 50.4 Å². The Bertz CT molecular complexity index is 2250. The largest absolute Gasteiger partial charge is 0.348 e. The smallest absolute Gasteiger partial charge is 0.254 e. The van der Waals surface area contributed by atoms with Gasteiger partial charge >= 0.3 is 0 Å². The predicted molar refractivity (Wildman–Crippen MR) is 208 cm³/mol. The van der Waals surface area contributed by atoms with Gasteiger partial charge in [-0.25, -0.2) is 9.36 Å². The van der Waals surface area contributed by atoms with Crippen LogP contribution in [0.3, 0.4) is 0 Å². The van der Waals surface area contributed by atoms with Crippen molar-refractivity contribution < 1.29 is 19.2 Å². The van der Waals surface area contributed by atoms with Gasteiger partial charge in [-0.3, -0.25) is 19.2 Å². The Morgan fingerprint density at radius 2 is 0.964 bits per heavy atom. The summed E-state index contributed by atoms with van der Waals surface area (Å²) in [4.78, 5) is 56.8. The van der Waals surface area contributed by atoms with Crippen molar-refractivity contribution in [3.63, 3.8) is 0 Å². The Morgan fingerprint density at radius 3 is 1.36 bits per heavy atom. The van der Waals surface area contributed by atoms with Crippen LogP contribution in [-0.2, 0) is 26.2 Å². The second-order valence-electron chi connectivity index (χ2n) is 13.1. The van der Waals surface area contributed by atoms with Crippen LogP contribution in [0.15, 0.2) is 135 Å². The van der Waals surface area contributed by atoms with Crippen LogP contribution in [0, 0.1) is 0 Å².